The van der Waals surface area contributed by atoms with Gasteiger partial charge >= 0.3 is 0 Å². The highest BCUT2D eigenvalue weighted by molar-refractivity contribution is 6.03. The lowest BCUT2D eigenvalue weighted by Gasteiger charge is -2.21. The third kappa shape index (κ3) is 5.03. The molecule has 0 amide bonds. The first-order chi connectivity index (χ1) is 20.1. The maximum Gasteiger partial charge on any atom is 0.266 e. The molecule has 1 aliphatic carbocycles. The van der Waals surface area contributed by atoms with E-state index in [0.717, 1.165) is 16.7 Å². The molecule has 0 saturated heterocycles. The van der Waals surface area contributed by atoms with E-state index in [1.807, 2.05) is 65.4 Å². The molecule has 0 bridgehead atoms. The number of Topliss-reactive ketones (excluding diaryl/α,β-unsaturated/α-hetero) is 2. The van der Waals surface area contributed by atoms with Crippen LogP contribution in [0.2, 0.25) is 0 Å². The maximum atomic E-state index is 13.7. The number of rotatable bonds is 7. The number of aromatic nitrogens is 4. The normalized spacial score (nSPS) is 13.4. The topological polar surface area (TPSA) is 133 Å². The summed E-state index contributed by atoms with van der Waals surface area (Å²) in [6, 6.07) is 18.1. The fourth-order valence-electron chi connectivity index (χ4n) is 5.73. The highest BCUT2D eigenvalue weighted by Gasteiger charge is 2.26. The number of benzene rings is 2. The molecule has 1 aliphatic rings. The summed E-state index contributed by atoms with van der Waals surface area (Å²) >= 11 is 0. The van der Waals surface area contributed by atoms with Gasteiger partial charge in [0.25, 0.3) is 5.56 Å². The fraction of sp³-hybridized carbons (Fsp3) is 0.242. The number of nitrogens with zero attached hydrogens (tertiary/aromatic N) is 4. The SMILES string of the molecule is CC(C)(O)Cn1cc(-c2ccc(CC(=O)c3cc4c(n(-c5ccccc5)c3=O)CCCC4=O)cc2)c2c(N)ncnc21. The number of fused-ring (bicyclic) bond motifs is 2. The Labute approximate surface area is 242 Å². The number of aliphatic hydroxyl groups is 1. The second-order valence-electron chi connectivity index (χ2n) is 11.4. The van der Waals surface area contributed by atoms with Gasteiger partial charge in [0, 0.05) is 41.5 Å². The fourth-order valence-corrected chi connectivity index (χ4v) is 5.73. The van der Waals surface area contributed by atoms with E-state index >= 15 is 0 Å². The van der Waals surface area contributed by atoms with Gasteiger partial charge in [0.05, 0.1) is 23.1 Å². The van der Waals surface area contributed by atoms with Gasteiger partial charge in [-0.15, -0.1) is 0 Å². The first-order valence-electron chi connectivity index (χ1n) is 13.9. The largest absolute Gasteiger partial charge is 0.389 e. The van der Waals surface area contributed by atoms with E-state index in [1.165, 1.54) is 17.0 Å². The van der Waals surface area contributed by atoms with Crippen LogP contribution in [0, 0.1) is 0 Å². The van der Waals surface area contributed by atoms with Gasteiger partial charge in [-0.1, -0.05) is 42.5 Å². The highest BCUT2D eigenvalue weighted by Crippen LogP contribution is 2.33. The molecule has 0 fully saturated rings. The first-order valence-corrected chi connectivity index (χ1v) is 13.9. The molecule has 212 valence electrons. The molecule has 2 aromatic carbocycles. The van der Waals surface area contributed by atoms with Gasteiger partial charge in [0.2, 0.25) is 0 Å². The van der Waals surface area contributed by atoms with E-state index in [1.54, 1.807) is 13.8 Å². The van der Waals surface area contributed by atoms with Crippen LogP contribution in [0.1, 0.15) is 58.7 Å². The summed E-state index contributed by atoms with van der Waals surface area (Å²) in [4.78, 5) is 48.6. The molecule has 0 spiro atoms. The highest BCUT2D eigenvalue weighted by atomic mass is 16.3. The van der Waals surface area contributed by atoms with E-state index in [0.29, 0.717) is 59.6 Å². The molecule has 0 radical (unpaired) electrons. The summed E-state index contributed by atoms with van der Waals surface area (Å²) in [7, 11) is 0. The lowest BCUT2D eigenvalue weighted by atomic mass is 9.91. The summed E-state index contributed by atoms with van der Waals surface area (Å²) in [6.07, 6.45) is 4.97. The van der Waals surface area contributed by atoms with Crippen LogP contribution >= 0.6 is 0 Å². The zero-order valence-electron chi connectivity index (χ0n) is 23.5. The maximum absolute atomic E-state index is 13.7. The molecule has 5 aromatic rings. The number of nitrogens with two attached hydrogens (primary N) is 1. The Morgan fingerprint density at radius 2 is 1.74 bits per heavy atom. The third-order valence-corrected chi connectivity index (χ3v) is 7.61. The van der Waals surface area contributed by atoms with Crippen molar-refractivity contribution < 1.29 is 14.7 Å². The van der Waals surface area contributed by atoms with E-state index in [9.17, 15) is 19.5 Å². The molecule has 0 aliphatic heterocycles. The number of carbonyl (C=O) groups is 2. The van der Waals surface area contributed by atoms with Gasteiger partial charge in [-0.25, -0.2) is 9.97 Å². The number of nitrogen functional groups attached to an aromatic ring is 1. The summed E-state index contributed by atoms with van der Waals surface area (Å²) in [5, 5.41) is 11.1. The van der Waals surface area contributed by atoms with Crippen molar-refractivity contribution in [1.29, 1.82) is 0 Å². The summed E-state index contributed by atoms with van der Waals surface area (Å²) in [6.45, 7) is 3.76. The molecule has 3 N–H and O–H groups in total. The Hall–Kier alpha value is -4.89. The van der Waals surface area contributed by atoms with E-state index in [2.05, 4.69) is 9.97 Å². The predicted molar refractivity (Wildman–Crippen MR) is 161 cm³/mol. The van der Waals surface area contributed by atoms with Crippen LogP contribution in [-0.4, -0.2) is 41.4 Å². The quantitative estimate of drug-likeness (QED) is 0.279. The second kappa shape index (κ2) is 10.5. The number of pyridine rings is 1. The van der Waals surface area contributed by atoms with E-state index in [-0.39, 0.29) is 23.6 Å². The van der Waals surface area contributed by atoms with Gasteiger partial charge in [-0.2, -0.15) is 0 Å². The molecular weight excluding hydrogens is 530 g/mol. The van der Waals surface area contributed by atoms with Gasteiger partial charge < -0.3 is 15.4 Å². The minimum absolute atomic E-state index is 0.00297. The number of ketones is 2. The van der Waals surface area contributed by atoms with Crippen molar-refractivity contribution in [1.82, 2.24) is 19.1 Å². The Kier molecular flexibility index (Phi) is 6.82. The van der Waals surface area contributed by atoms with Gasteiger partial charge in [0.15, 0.2) is 11.6 Å². The molecule has 6 rings (SSSR count). The zero-order chi connectivity index (χ0) is 29.6. The van der Waals surface area contributed by atoms with Crippen molar-refractivity contribution in [3.63, 3.8) is 0 Å². The predicted octanol–water partition coefficient (Wildman–Crippen LogP) is 4.55. The van der Waals surface area contributed by atoms with Crippen molar-refractivity contribution in [2.75, 3.05) is 5.73 Å². The Bertz CT molecular complexity index is 1900. The monoisotopic (exact) mass is 561 g/mol. The van der Waals surface area contributed by atoms with Crippen LogP contribution in [0.3, 0.4) is 0 Å². The third-order valence-electron chi connectivity index (χ3n) is 7.61. The number of hydrogen-bond donors (Lipinski definition) is 2. The van der Waals surface area contributed by atoms with Crippen molar-refractivity contribution in [3.05, 3.63) is 106 Å². The summed E-state index contributed by atoms with van der Waals surface area (Å²) in [5.41, 5.74) is 9.62. The van der Waals surface area contributed by atoms with Crippen LogP contribution < -0.4 is 11.3 Å². The Morgan fingerprint density at radius 1 is 1.00 bits per heavy atom. The minimum Gasteiger partial charge on any atom is -0.389 e. The van der Waals surface area contributed by atoms with Crippen molar-refractivity contribution >= 4 is 28.4 Å². The second-order valence-corrected chi connectivity index (χ2v) is 11.4. The average molecular weight is 562 g/mol. The van der Waals surface area contributed by atoms with Crippen molar-refractivity contribution in [3.8, 4) is 16.8 Å². The molecule has 9 heteroatoms. The molecule has 3 aromatic heterocycles. The Balaban J connectivity index is 1.34. The van der Waals surface area contributed by atoms with Crippen molar-refractivity contribution in [2.45, 2.75) is 51.7 Å². The molecule has 0 saturated carbocycles. The van der Waals surface area contributed by atoms with Gasteiger partial charge in [0.1, 0.15) is 17.8 Å². The van der Waals surface area contributed by atoms with Crippen LogP contribution in [0.25, 0.3) is 27.8 Å². The minimum atomic E-state index is -0.965. The van der Waals surface area contributed by atoms with Crippen molar-refractivity contribution in [2.24, 2.45) is 0 Å². The number of hydrogen-bond acceptors (Lipinski definition) is 7. The van der Waals surface area contributed by atoms with Crippen LogP contribution in [0.4, 0.5) is 5.82 Å². The standard InChI is InChI=1S/C33H31N5O4/c1-33(2,42)18-37-17-25(29-30(34)35-19-36-31(29)37)21-13-11-20(12-14-21)15-28(40)24-16-23-26(9-6-10-27(23)39)38(32(24)41)22-7-4-3-5-8-22/h3-5,7-8,11-14,16-17,19,42H,6,9-10,15,18H2,1-2H3,(H2,34,35,36). The lowest BCUT2D eigenvalue weighted by Crippen LogP contribution is -2.32. The average Bonchev–Trinajstić information content (AvgIpc) is 3.32. The van der Waals surface area contributed by atoms with Gasteiger partial charge in [-0.3, -0.25) is 19.0 Å². The summed E-state index contributed by atoms with van der Waals surface area (Å²) < 4.78 is 3.38. The van der Waals surface area contributed by atoms with E-state index in [4.69, 9.17) is 5.73 Å². The molecule has 0 unspecified atom stereocenters. The molecule has 3 heterocycles. The molecule has 42 heavy (non-hydrogen) atoms. The van der Waals surface area contributed by atoms with Crippen LogP contribution in [0.15, 0.2) is 78.0 Å². The lowest BCUT2D eigenvalue weighted by molar-refractivity contribution is 0.0627. The smallest absolute Gasteiger partial charge is 0.266 e. The molecule has 0 atom stereocenters. The first kappa shape index (κ1) is 27.3. The van der Waals surface area contributed by atoms with Crippen LogP contribution in [0.5, 0.6) is 0 Å². The number of para-hydroxylation sites is 1. The van der Waals surface area contributed by atoms with Crippen LogP contribution in [-0.2, 0) is 19.4 Å². The molecule has 9 nitrogen and oxygen atoms in total. The molecular formula is C33H31N5O4. The number of carbonyl (C=O) groups excluding carboxylic acids is 2. The zero-order valence-corrected chi connectivity index (χ0v) is 23.5. The summed E-state index contributed by atoms with van der Waals surface area (Å²) in [5.74, 6) is -0.0650. The van der Waals surface area contributed by atoms with Gasteiger partial charge in [-0.05, 0) is 56.0 Å². The van der Waals surface area contributed by atoms with E-state index < -0.39 is 11.2 Å². The number of anilines is 1. The Morgan fingerprint density at radius 3 is 2.45 bits per heavy atom.